The SMILES string of the molecule is C/C(=C\c1ccc(Cl)c(F)c1)c1ccc(C(F)(F)F)cc1. The molecule has 0 amide bonds. The fourth-order valence-electron chi connectivity index (χ4n) is 1.86. The molecule has 2 aromatic carbocycles. The second-order valence-corrected chi connectivity index (χ2v) is 4.98. The molecule has 2 aromatic rings. The van der Waals surface area contributed by atoms with Crippen molar-refractivity contribution < 1.29 is 17.6 Å². The maximum Gasteiger partial charge on any atom is 0.416 e. The van der Waals surface area contributed by atoms with Crippen LogP contribution in [0.4, 0.5) is 17.6 Å². The van der Waals surface area contributed by atoms with E-state index in [9.17, 15) is 17.6 Å². The molecule has 0 aliphatic carbocycles. The molecule has 0 spiro atoms. The predicted octanol–water partition coefficient (Wildman–Crippen LogP) is 6.06. The average molecular weight is 315 g/mol. The third-order valence-electron chi connectivity index (χ3n) is 2.99. The van der Waals surface area contributed by atoms with Crippen molar-refractivity contribution in [2.24, 2.45) is 0 Å². The standard InChI is InChI=1S/C16H11ClF4/c1-10(8-11-2-7-14(17)15(18)9-11)12-3-5-13(6-4-12)16(19,20)21/h2-9H,1H3/b10-8+. The molecule has 0 aliphatic rings. The maximum atomic E-state index is 13.3. The molecule has 5 heteroatoms. The van der Waals surface area contributed by atoms with Crippen molar-refractivity contribution in [1.82, 2.24) is 0 Å². The number of halogens is 5. The Kier molecular flexibility index (Phi) is 4.37. The molecule has 0 fully saturated rings. The van der Waals surface area contributed by atoms with Crippen LogP contribution in [0.15, 0.2) is 42.5 Å². The van der Waals surface area contributed by atoms with Crippen LogP contribution in [0.25, 0.3) is 11.6 Å². The largest absolute Gasteiger partial charge is 0.416 e. The van der Waals surface area contributed by atoms with Gasteiger partial charge in [-0.05, 0) is 47.9 Å². The van der Waals surface area contributed by atoms with Crippen LogP contribution in [0, 0.1) is 5.82 Å². The summed E-state index contributed by atoms with van der Waals surface area (Å²) in [6, 6.07) is 9.17. The van der Waals surface area contributed by atoms with Crippen LogP contribution in [0.1, 0.15) is 23.6 Å². The molecule has 21 heavy (non-hydrogen) atoms. The van der Waals surface area contributed by atoms with Gasteiger partial charge in [0.2, 0.25) is 0 Å². The summed E-state index contributed by atoms with van der Waals surface area (Å²) in [7, 11) is 0. The molecule has 0 saturated carbocycles. The number of hydrogen-bond acceptors (Lipinski definition) is 0. The summed E-state index contributed by atoms with van der Waals surface area (Å²) < 4.78 is 50.8. The first-order valence-electron chi connectivity index (χ1n) is 6.08. The van der Waals surface area contributed by atoms with Crippen LogP contribution in [0.3, 0.4) is 0 Å². The molecule has 0 unspecified atom stereocenters. The Labute approximate surface area is 124 Å². The lowest BCUT2D eigenvalue weighted by Crippen LogP contribution is -2.04. The van der Waals surface area contributed by atoms with Crippen molar-refractivity contribution in [3.63, 3.8) is 0 Å². The molecule has 0 N–H and O–H groups in total. The zero-order valence-corrected chi connectivity index (χ0v) is 11.8. The average Bonchev–Trinajstić information content (AvgIpc) is 2.42. The number of rotatable bonds is 2. The van der Waals surface area contributed by atoms with Crippen LogP contribution in [-0.4, -0.2) is 0 Å². The van der Waals surface area contributed by atoms with E-state index in [1.807, 2.05) is 0 Å². The molecule has 0 nitrogen and oxygen atoms in total. The second kappa shape index (κ2) is 5.90. The van der Waals surface area contributed by atoms with Gasteiger partial charge in [-0.2, -0.15) is 13.2 Å². The molecule has 0 saturated heterocycles. The van der Waals surface area contributed by atoms with Gasteiger partial charge in [-0.3, -0.25) is 0 Å². The van der Waals surface area contributed by atoms with Crippen molar-refractivity contribution in [3.8, 4) is 0 Å². The Morgan fingerprint density at radius 2 is 1.67 bits per heavy atom. The zero-order chi connectivity index (χ0) is 15.6. The van der Waals surface area contributed by atoms with Crippen LogP contribution >= 0.6 is 11.6 Å². The van der Waals surface area contributed by atoms with Crippen molar-refractivity contribution >= 4 is 23.3 Å². The van der Waals surface area contributed by atoms with Crippen LogP contribution < -0.4 is 0 Å². The number of alkyl halides is 3. The second-order valence-electron chi connectivity index (χ2n) is 4.58. The lowest BCUT2D eigenvalue weighted by Gasteiger charge is -2.08. The fraction of sp³-hybridized carbons (Fsp3) is 0.125. The van der Waals surface area contributed by atoms with E-state index in [-0.39, 0.29) is 5.02 Å². The number of benzene rings is 2. The Hall–Kier alpha value is -1.81. The molecular formula is C16H11ClF4. The van der Waals surface area contributed by atoms with Crippen LogP contribution in [0.5, 0.6) is 0 Å². The Morgan fingerprint density at radius 3 is 2.19 bits per heavy atom. The quantitative estimate of drug-likeness (QED) is 0.467. The van der Waals surface area contributed by atoms with Gasteiger partial charge in [-0.15, -0.1) is 0 Å². The summed E-state index contributed by atoms with van der Waals surface area (Å²) in [5.74, 6) is -0.536. The summed E-state index contributed by atoms with van der Waals surface area (Å²) >= 11 is 5.59. The highest BCUT2D eigenvalue weighted by molar-refractivity contribution is 6.30. The summed E-state index contributed by atoms with van der Waals surface area (Å²) in [5, 5.41) is 0.0272. The fourth-order valence-corrected chi connectivity index (χ4v) is 1.98. The smallest absolute Gasteiger partial charge is 0.205 e. The van der Waals surface area contributed by atoms with Crippen molar-refractivity contribution in [2.45, 2.75) is 13.1 Å². The highest BCUT2D eigenvalue weighted by atomic mass is 35.5. The first-order valence-corrected chi connectivity index (χ1v) is 6.46. The van der Waals surface area contributed by atoms with Crippen LogP contribution in [-0.2, 0) is 6.18 Å². The topological polar surface area (TPSA) is 0 Å². The third-order valence-corrected chi connectivity index (χ3v) is 3.30. The summed E-state index contributed by atoms with van der Waals surface area (Å²) in [4.78, 5) is 0. The van der Waals surface area contributed by atoms with Gasteiger partial charge in [0.25, 0.3) is 0 Å². The minimum Gasteiger partial charge on any atom is -0.205 e. The van der Waals surface area contributed by atoms with E-state index in [4.69, 9.17) is 11.6 Å². The minimum atomic E-state index is -4.35. The summed E-state index contributed by atoms with van der Waals surface area (Å²) in [5.41, 5.74) is 1.26. The molecular weight excluding hydrogens is 304 g/mol. The first kappa shape index (κ1) is 15.6. The monoisotopic (exact) mass is 314 g/mol. The van der Waals surface area contributed by atoms with Gasteiger partial charge in [-0.1, -0.05) is 35.9 Å². The molecule has 0 aliphatic heterocycles. The van der Waals surface area contributed by atoms with E-state index in [0.29, 0.717) is 11.1 Å². The van der Waals surface area contributed by atoms with Gasteiger partial charge in [-0.25, -0.2) is 4.39 Å². The molecule has 0 heterocycles. The zero-order valence-electron chi connectivity index (χ0n) is 11.0. The lowest BCUT2D eigenvalue weighted by molar-refractivity contribution is -0.137. The van der Waals surface area contributed by atoms with E-state index in [1.54, 1.807) is 19.1 Å². The third kappa shape index (κ3) is 3.85. The van der Waals surface area contributed by atoms with Gasteiger partial charge in [0, 0.05) is 0 Å². The summed E-state index contributed by atoms with van der Waals surface area (Å²) in [6.45, 7) is 1.75. The molecule has 2 rings (SSSR count). The van der Waals surface area contributed by atoms with E-state index in [0.717, 1.165) is 17.7 Å². The van der Waals surface area contributed by atoms with Gasteiger partial charge in [0.1, 0.15) is 5.82 Å². The number of hydrogen-bond donors (Lipinski definition) is 0. The normalized spacial score (nSPS) is 12.6. The molecule has 0 aromatic heterocycles. The molecule has 110 valence electrons. The Balaban J connectivity index is 2.28. The number of allylic oxidation sites excluding steroid dienone is 1. The molecule has 0 atom stereocenters. The molecule has 0 radical (unpaired) electrons. The first-order chi connectivity index (χ1) is 9.77. The van der Waals surface area contributed by atoms with Gasteiger partial charge in [0.15, 0.2) is 0 Å². The Morgan fingerprint density at radius 1 is 1.05 bits per heavy atom. The van der Waals surface area contributed by atoms with E-state index < -0.39 is 17.6 Å². The van der Waals surface area contributed by atoms with Crippen molar-refractivity contribution in [3.05, 3.63) is 70.0 Å². The van der Waals surface area contributed by atoms with Crippen molar-refractivity contribution in [1.29, 1.82) is 0 Å². The maximum absolute atomic E-state index is 13.3. The molecule has 0 bridgehead atoms. The van der Waals surface area contributed by atoms with Gasteiger partial charge in [0.05, 0.1) is 10.6 Å². The highest BCUT2D eigenvalue weighted by Gasteiger charge is 2.29. The predicted molar refractivity (Wildman–Crippen MR) is 76.4 cm³/mol. The lowest BCUT2D eigenvalue weighted by atomic mass is 10.0. The summed E-state index contributed by atoms with van der Waals surface area (Å²) in [6.07, 6.45) is -2.67. The van der Waals surface area contributed by atoms with Crippen LogP contribution in [0.2, 0.25) is 5.02 Å². The van der Waals surface area contributed by atoms with Gasteiger partial charge < -0.3 is 0 Å². The van der Waals surface area contributed by atoms with E-state index in [2.05, 4.69) is 0 Å². The van der Waals surface area contributed by atoms with Gasteiger partial charge >= 0.3 is 6.18 Å². The van der Waals surface area contributed by atoms with Crippen molar-refractivity contribution in [2.75, 3.05) is 0 Å². The highest BCUT2D eigenvalue weighted by Crippen LogP contribution is 2.30. The van der Waals surface area contributed by atoms with E-state index in [1.165, 1.54) is 24.3 Å². The van der Waals surface area contributed by atoms with E-state index >= 15 is 0 Å². The minimum absolute atomic E-state index is 0.0272. The Bertz CT molecular complexity index is 670.